The van der Waals surface area contributed by atoms with E-state index in [9.17, 15) is 0 Å². The molecule has 1 fully saturated rings. The molecule has 1 aliphatic carbocycles. The monoisotopic (exact) mass is 202 g/mol. The highest BCUT2D eigenvalue weighted by Crippen LogP contribution is 2.18. The van der Waals surface area contributed by atoms with Gasteiger partial charge in [0.05, 0.1) is 5.84 Å². The Morgan fingerprint density at radius 2 is 1.85 bits per heavy atom. The average molecular weight is 203 g/mol. The van der Waals surface area contributed by atoms with Crippen molar-refractivity contribution in [3.05, 3.63) is 0 Å². The van der Waals surface area contributed by atoms with Gasteiger partial charge in [-0.05, 0) is 19.3 Å². The van der Waals surface area contributed by atoms with Gasteiger partial charge in [-0.1, -0.05) is 19.3 Å². The number of hydrogen-bond donors (Lipinski definition) is 1. The van der Waals surface area contributed by atoms with E-state index in [1.807, 2.05) is 0 Å². The Hall–Kier alpha value is -0.240. The molecule has 0 saturated heterocycles. The first-order chi connectivity index (χ1) is 5.95. The molecule has 0 unspecified atom stereocenters. The van der Waals surface area contributed by atoms with Gasteiger partial charge in [-0.15, -0.1) is 12.4 Å². The zero-order chi connectivity index (χ0) is 8.23. The van der Waals surface area contributed by atoms with Gasteiger partial charge < -0.3 is 5.32 Å². The summed E-state index contributed by atoms with van der Waals surface area (Å²) in [4.78, 5) is 4.44. The van der Waals surface area contributed by atoms with Crippen molar-refractivity contribution in [1.29, 1.82) is 0 Å². The molecule has 2 rings (SSSR count). The standard InChI is InChI=1S/C10H18N2.ClH/c1-2-5-9(6-3-1)12-10-7-4-8-11-10;/h9H,1-8H2,(H,11,12);1H. The minimum atomic E-state index is 0. The van der Waals surface area contributed by atoms with E-state index in [-0.39, 0.29) is 12.4 Å². The number of nitrogens with one attached hydrogen (secondary N) is 1. The lowest BCUT2D eigenvalue weighted by Crippen LogP contribution is -2.35. The fourth-order valence-electron chi connectivity index (χ4n) is 2.14. The van der Waals surface area contributed by atoms with Crippen LogP contribution in [0.4, 0.5) is 0 Å². The predicted molar refractivity (Wildman–Crippen MR) is 58.8 cm³/mol. The Kier molecular flexibility index (Phi) is 4.57. The third-order valence-corrected chi connectivity index (χ3v) is 2.85. The van der Waals surface area contributed by atoms with Crippen LogP contribution < -0.4 is 5.32 Å². The Morgan fingerprint density at radius 3 is 2.46 bits per heavy atom. The molecule has 0 atom stereocenters. The Bertz CT molecular complexity index is 174. The zero-order valence-electron chi connectivity index (χ0n) is 8.09. The topological polar surface area (TPSA) is 24.4 Å². The van der Waals surface area contributed by atoms with Crippen LogP contribution in [0.5, 0.6) is 0 Å². The molecular weight excluding hydrogens is 184 g/mol. The lowest BCUT2D eigenvalue weighted by molar-refractivity contribution is 0.412. The number of nitrogens with zero attached hydrogens (tertiary/aromatic N) is 1. The molecule has 2 aliphatic rings. The smallest absolute Gasteiger partial charge is 0.0965 e. The van der Waals surface area contributed by atoms with Crippen LogP contribution in [0.15, 0.2) is 4.99 Å². The van der Waals surface area contributed by atoms with E-state index in [1.54, 1.807) is 0 Å². The SMILES string of the molecule is C1CCC(NC2=NCCC2)CC1.Cl. The fraction of sp³-hybridized carbons (Fsp3) is 0.900. The number of halogens is 1. The molecule has 0 aromatic heterocycles. The minimum Gasteiger partial charge on any atom is -0.371 e. The van der Waals surface area contributed by atoms with E-state index in [0.717, 1.165) is 12.6 Å². The number of hydrogen-bond acceptors (Lipinski definition) is 2. The van der Waals surface area contributed by atoms with Crippen molar-refractivity contribution in [1.82, 2.24) is 5.32 Å². The van der Waals surface area contributed by atoms with Gasteiger partial charge in [0.1, 0.15) is 0 Å². The molecule has 1 N–H and O–H groups in total. The molecule has 0 aromatic carbocycles. The van der Waals surface area contributed by atoms with Crippen LogP contribution in [0.3, 0.4) is 0 Å². The summed E-state index contributed by atoms with van der Waals surface area (Å²) >= 11 is 0. The number of amidine groups is 1. The third kappa shape index (κ3) is 3.18. The van der Waals surface area contributed by atoms with Crippen LogP contribution in [-0.4, -0.2) is 18.4 Å². The van der Waals surface area contributed by atoms with E-state index in [4.69, 9.17) is 0 Å². The van der Waals surface area contributed by atoms with Gasteiger partial charge in [0, 0.05) is 19.0 Å². The van der Waals surface area contributed by atoms with Gasteiger partial charge in [-0.2, -0.15) is 0 Å². The van der Waals surface area contributed by atoms with E-state index in [0.29, 0.717) is 0 Å². The Balaban J connectivity index is 0.000000845. The van der Waals surface area contributed by atoms with Crippen molar-refractivity contribution >= 4 is 18.2 Å². The van der Waals surface area contributed by atoms with E-state index >= 15 is 0 Å². The molecule has 0 amide bonds. The van der Waals surface area contributed by atoms with Gasteiger partial charge in [-0.3, -0.25) is 4.99 Å². The minimum absolute atomic E-state index is 0. The van der Waals surface area contributed by atoms with Crippen LogP contribution in [0.1, 0.15) is 44.9 Å². The van der Waals surface area contributed by atoms with Gasteiger partial charge in [0.2, 0.25) is 0 Å². The van der Waals surface area contributed by atoms with Crippen LogP contribution in [-0.2, 0) is 0 Å². The van der Waals surface area contributed by atoms with Gasteiger partial charge in [0.15, 0.2) is 0 Å². The van der Waals surface area contributed by atoms with Gasteiger partial charge in [0.25, 0.3) is 0 Å². The lowest BCUT2D eigenvalue weighted by Gasteiger charge is -2.23. The van der Waals surface area contributed by atoms with Crippen molar-refractivity contribution in [3.63, 3.8) is 0 Å². The summed E-state index contributed by atoms with van der Waals surface area (Å²) in [5, 5.41) is 3.57. The third-order valence-electron chi connectivity index (χ3n) is 2.85. The normalized spacial score (nSPS) is 23.5. The highest BCUT2D eigenvalue weighted by atomic mass is 35.5. The highest BCUT2D eigenvalue weighted by molar-refractivity contribution is 5.85. The average Bonchev–Trinajstić information content (AvgIpc) is 2.59. The summed E-state index contributed by atoms with van der Waals surface area (Å²) in [6.45, 7) is 1.05. The van der Waals surface area contributed by atoms with Crippen molar-refractivity contribution in [2.45, 2.75) is 51.0 Å². The quantitative estimate of drug-likeness (QED) is 0.695. The fourth-order valence-corrected chi connectivity index (χ4v) is 2.14. The van der Waals surface area contributed by atoms with E-state index < -0.39 is 0 Å². The second kappa shape index (κ2) is 5.48. The summed E-state index contributed by atoms with van der Waals surface area (Å²) in [5.41, 5.74) is 0. The molecule has 0 aromatic rings. The first-order valence-corrected chi connectivity index (χ1v) is 5.25. The number of rotatable bonds is 1. The summed E-state index contributed by atoms with van der Waals surface area (Å²) in [6.07, 6.45) is 9.42. The molecule has 0 bridgehead atoms. The molecule has 0 radical (unpaired) electrons. The van der Waals surface area contributed by atoms with Crippen molar-refractivity contribution in [2.24, 2.45) is 4.99 Å². The molecule has 1 aliphatic heterocycles. The van der Waals surface area contributed by atoms with Crippen LogP contribution in [0, 0.1) is 0 Å². The first-order valence-electron chi connectivity index (χ1n) is 5.25. The van der Waals surface area contributed by atoms with Crippen molar-refractivity contribution < 1.29 is 0 Å². The molecule has 13 heavy (non-hydrogen) atoms. The summed E-state index contributed by atoms with van der Waals surface area (Å²) in [5.74, 6) is 1.28. The first kappa shape index (κ1) is 10.8. The Labute approximate surface area is 86.6 Å². The van der Waals surface area contributed by atoms with Gasteiger partial charge in [-0.25, -0.2) is 0 Å². The molecule has 1 saturated carbocycles. The maximum atomic E-state index is 4.44. The molecular formula is C10H19ClN2. The Morgan fingerprint density at radius 1 is 1.08 bits per heavy atom. The zero-order valence-corrected chi connectivity index (χ0v) is 8.91. The highest BCUT2D eigenvalue weighted by Gasteiger charge is 2.15. The molecule has 76 valence electrons. The van der Waals surface area contributed by atoms with Crippen molar-refractivity contribution in [2.75, 3.05) is 6.54 Å². The van der Waals surface area contributed by atoms with Crippen LogP contribution in [0.25, 0.3) is 0 Å². The second-order valence-corrected chi connectivity index (χ2v) is 3.91. The maximum Gasteiger partial charge on any atom is 0.0965 e. The predicted octanol–water partition coefficient (Wildman–Crippen LogP) is 2.52. The van der Waals surface area contributed by atoms with E-state index in [1.165, 1.54) is 50.8 Å². The number of aliphatic imine (C=N–C) groups is 1. The molecule has 2 nitrogen and oxygen atoms in total. The van der Waals surface area contributed by atoms with E-state index in [2.05, 4.69) is 10.3 Å². The van der Waals surface area contributed by atoms with Crippen LogP contribution >= 0.6 is 12.4 Å². The van der Waals surface area contributed by atoms with Crippen molar-refractivity contribution in [3.8, 4) is 0 Å². The maximum absolute atomic E-state index is 4.44. The molecule has 3 heteroatoms. The summed E-state index contributed by atoms with van der Waals surface area (Å²) < 4.78 is 0. The molecule has 1 heterocycles. The molecule has 0 spiro atoms. The second-order valence-electron chi connectivity index (χ2n) is 3.91. The largest absolute Gasteiger partial charge is 0.371 e. The lowest BCUT2D eigenvalue weighted by atomic mass is 9.95. The summed E-state index contributed by atoms with van der Waals surface area (Å²) in [6, 6.07) is 0.746. The van der Waals surface area contributed by atoms with Gasteiger partial charge >= 0.3 is 0 Å². The van der Waals surface area contributed by atoms with Crippen LogP contribution in [0.2, 0.25) is 0 Å². The summed E-state index contributed by atoms with van der Waals surface area (Å²) in [7, 11) is 0.